The summed E-state index contributed by atoms with van der Waals surface area (Å²) >= 11 is 0. The van der Waals surface area contributed by atoms with Crippen LogP contribution in [0.15, 0.2) is 0 Å². The molecule has 1 aliphatic rings. The number of hydrogen-bond acceptors (Lipinski definition) is 3. The third-order valence-electron chi connectivity index (χ3n) is 3.06. The molecule has 0 amide bonds. The van der Waals surface area contributed by atoms with E-state index in [0.29, 0.717) is 12.1 Å². The third-order valence-corrected chi connectivity index (χ3v) is 3.06. The molecule has 0 aliphatic carbocycles. The molecule has 0 radical (unpaired) electrons. The summed E-state index contributed by atoms with van der Waals surface area (Å²) in [6.45, 7) is 11.9. The van der Waals surface area contributed by atoms with Crippen molar-refractivity contribution in [2.45, 2.75) is 45.7 Å². The first-order valence-electron chi connectivity index (χ1n) is 6.29. The maximum Gasteiger partial charge on any atom is 0.0593 e. The summed E-state index contributed by atoms with van der Waals surface area (Å²) < 4.78 is 5.55. The van der Waals surface area contributed by atoms with Gasteiger partial charge in [0.05, 0.1) is 6.61 Å². The van der Waals surface area contributed by atoms with Gasteiger partial charge in [-0.3, -0.25) is 4.90 Å². The van der Waals surface area contributed by atoms with Gasteiger partial charge in [-0.2, -0.15) is 0 Å². The van der Waals surface area contributed by atoms with Crippen LogP contribution in [0.25, 0.3) is 0 Å². The number of rotatable bonds is 5. The normalized spacial score (nSPS) is 29.0. The summed E-state index contributed by atoms with van der Waals surface area (Å²) in [7, 11) is 0. The fourth-order valence-corrected chi connectivity index (χ4v) is 2.06. The molecule has 0 aromatic heterocycles. The monoisotopic (exact) mass is 214 g/mol. The van der Waals surface area contributed by atoms with Crippen LogP contribution in [0.3, 0.4) is 0 Å². The topological polar surface area (TPSA) is 24.5 Å². The predicted octanol–water partition coefficient (Wildman–Crippen LogP) is 1.49. The highest BCUT2D eigenvalue weighted by Crippen LogP contribution is 2.08. The minimum atomic E-state index is 0.612. The predicted molar refractivity (Wildman–Crippen MR) is 64.2 cm³/mol. The van der Waals surface area contributed by atoms with Gasteiger partial charge in [0.25, 0.3) is 0 Å². The molecular weight excluding hydrogens is 188 g/mol. The molecule has 1 rings (SSSR count). The second-order valence-corrected chi connectivity index (χ2v) is 4.60. The van der Waals surface area contributed by atoms with Crippen LogP contribution in [-0.2, 0) is 4.74 Å². The fourth-order valence-electron chi connectivity index (χ4n) is 2.06. The minimum Gasteiger partial charge on any atom is -0.380 e. The molecule has 15 heavy (non-hydrogen) atoms. The zero-order valence-electron chi connectivity index (χ0n) is 10.5. The van der Waals surface area contributed by atoms with Crippen LogP contribution in [0.4, 0.5) is 0 Å². The highest BCUT2D eigenvalue weighted by molar-refractivity contribution is 4.78. The molecule has 1 aliphatic heterocycles. The van der Waals surface area contributed by atoms with Crippen LogP contribution in [0, 0.1) is 0 Å². The average molecular weight is 214 g/mol. The molecule has 1 saturated heterocycles. The maximum atomic E-state index is 5.55. The van der Waals surface area contributed by atoms with E-state index in [9.17, 15) is 0 Å². The standard InChI is InChI=1S/C12H26N2O/c1-4-8-15-9-7-14-10-11(2)13-6-5-12(14)3/h11-13H,4-10H2,1-3H3. The van der Waals surface area contributed by atoms with Crippen molar-refractivity contribution >= 4 is 0 Å². The molecule has 90 valence electrons. The van der Waals surface area contributed by atoms with Crippen molar-refractivity contribution in [2.24, 2.45) is 0 Å². The van der Waals surface area contributed by atoms with E-state index in [1.165, 1.54) is 6.42 Å². The molecule has 0 spiro atoms. The average Bonchev–Trinajstić information content (AvgIpc) is 2.36. The van der Waals surface area contributed by atoms with Gasteiger partial charge in [0.15, 0.2) is 0 Å². The number of nitrogens with zero attached hydrogens (tertiary/aromatic N) is 1. The second-order valence-electron chi connectivity index (χ2n) is 4.60. The number of nitrogens with one attached hydrogen (secondary N) is 1. The summed E-state index contributed by atoms with van der Waals surface area (Å²) in [4.78, 5) is 2.54. The summed E-state index contributed by atoms with van der Waals surface area (Å²) in [5, 5.41) is 3.52. The van der Waals surface area contributed by atoms with Gasteiger partial charge in [-0.1, -0.05) is 6.92 Å². The smallest absolute Gasteiger partial charge is 0.0593 e. The molecular formula is C12H26N2O. The van der Waals surface area contributed by atoms with Crippen molar-refractivity contribution < 1.29 is 4.74 Å². The van der Waals surface area contributed by atoms with Crippen molar-refractivity contribution in [3.63, 3.8) is 0 Å². The Hall–Kier alpha value is -0.120. The van der Waals surface area contributed by atoms with Crippen molar-refractivity contribution in [3.8, 4) is 0 Å². The van der Waals surface area contributed by atoms with Gasteiger partial charge in [-0.15, -0.1) is 0 Å². The van der Waals surface area contributed by atoms with Crippen LogP contribution in [-0.4, -0.2) is 49.8 Å². The molecule has 2 unspecified atom stereocenters. The summed E-state index contributed by atoms with van der Waals surface area (Å²) in [5.41, 5.74) is 0. The molecule has 1 fully saturated rings. The van der Waals surface area contributed by atoms with E-state index >= 15 is 0 Å². The van der Waals surface area contributed by atoms with E-state index < -0.39 is 0 Å². The lowest BCUT2D eigenvalue weighted by atomic mass is 10.2. The molecule has 0 bridgehead atoms. The Balaban J connectivity index is 2.23. The highest BCUT2D eigenvalue weighted by atomic mass is 16.5. The zero-order valence-corrected chi connectivity index (χ0v) is 10.5. The van der Waals surface area contributed by atoms with E-state index in [0.717, 1.165) is 39.3 Å². The van der Waals surface area contributed by atoms with Crippen LogP contribution < -0.4 is 5.32 Å². The molecule has 2 atom stereocenters. The van der Waals surface area contributed by atoms with Crippen LogP contribution in [0.5, 0.6) is 0 Å². The lowest BCUT2D eigenvalue weighted by Gasteiger charge is -2.27. The van der Waals surface area contributed by atoms with Gasteiger partial charge in [-0.25, -0.2) is 0 Å². The lowest BCUT2D eigenvalue weighted by molar-refractivity contribution is 0.0898. The molecule has 3 heteroatoms. The molecule has 3 nitrogen and oxygen atoms in total. The molecule has 0 saturated carbocycles. The Kier molecular flexibility index (Phi) is 6.22. The Morgan fingerprint density at radius 1 is 1.33 bits per heavy atom. The van der Waals surface area contributed by atoms with E-state index in [-0.39, 0.29) is 0 Å². The third kappa shape index (κ3) is 4.96. The van der Waals surface area contributed by atoms with Crippen molar-refractivity contribution in [2.75, 3.05) is 32.8 Å². The van der Waals surface area contributed by atoms with Gasteiger partial charge in [-0.05, 0) is 33.2 Å². The van der Waals surface area contributed by atoms with Crippen LogP contribution in [0.1, 0.15) is 33.6 Å². The van der Waals surface area contributed by atoms with Crippen LogP contribution in [0.2, 0.25) is 0 Å². The van der Waals surface area contributed by atoms with Crippen molar-refractivity contribution in [1.82, 2.24) is 10.2 Å². The Morgan fingerprint density at radius 3 is 2.87 bits per heavy atom. The number of hydrogen-bond donors (Lipinski definition) is 1. The molecule has 0 aromatic carbocycles. The minimum absolute atomic E-state index is 0.612. The first-order valence-corrected chi connectivity index (χ1v) is 6.29. The van der Waals surface area contributed by atoms with Crippen molar-refractivity contribution in [1.29, 1.82) is 0 Å². The SMILES string of the molecule is CCCOCCN1CC(C)NCCC1C. The zero-order chi connectivity index (χ0) is 11.1. The van der Waals surface area contributed by atoms with Crippen molar-refractivity contribution in [3.05, 3.63) is 0 Å². The van der Waals surface area contributed by atoms with Gasteiger partial charge in [0, 0.05) is 31.8 Å². The summed E-state index contributed by atoms with van der Waals surface area (Å²) in [6, 6.07) is 1.30. The molecule has 1 heterocycles. The van der Waals surface area contributed by atoms with E-state index in [1.54, 1.807) is 0 Å². The van der Waals surface area contributed by atoms with Crippen LogP contribution >= 0.6 is 0 Å². The fraction of sp³-hybridized carbons (Fsp3) is 1.00. The first-order chi connectivity index (χ1) is 7.24. The largest absolute Gasteiger partial charge is 0.380 e. The summed E-state index contributed by atoms with van der Waals surface area (Å²) in [6.07, 6.45) is 2.37. The van der Waals surface area contributed by atoms with Gasteiger partial charge in [0.2, 0.25) is 0 Å². The highest BCUT2D eigenvalue weighted by Gasteiger charge is 2.19. The van der Waals surface area contributed by atoms with E-state index in [2.05, 4.69) is 31.0 Å². The maximum absolute atomic E-state index is 5.55. The Labute approximate surface area is 94.2 Å². The first kappa shape index (κ1) is 12.9. The van der Waals surface area contributed by atoms with Gasteiger partial charge >= 0.3 is 0 Å². The summed E-state index contributed by atoms with van der Waals surface area (Å²) in [5.74, 6) is 0. The molecule has 0 aromatic rings. The van der Waals surface area contributed by atoms with E-state index in [4.69, 9.17) is 4.74 Å². The number of ether oxygens (including phenoxy) is 1. The van der Waals surface area contributed by atoms with Gasteiger partial charge in [0.1, 0.15) is 0 Å². The quantitative estimate of drug-likeness (QED) is 0.702. The molecule has 1 N–H and O–H groups in total. The lowest BCUT2D eigenvalue weighted by Crippen LogP contribution is -2.40. The van der Waals surface area contributed by atoms with E-state index in [1.807, 2.05) is 0 Å². The Morgan fingerprint density at radius 2 is 2.13 bits per heavy atom. The van der Waals surface area contributed by atoms with Gasteiger partial charge < -0.3 is 10.1 Å². The Bertz CT molecular complexity index is 164. The second kappa shape index (κ2) is 7.20.